The number of benzene rings is 2. The van der Waals surface area contributed by atoms with E-state index in [-0.39, 0.29) is 11.2 Å². The van der Waals surface area contributed by atoms with Crippen molar-refractivity contribution in [1.29, 1.82) is 0 Å². The Morgan fingerprint density at radius 2 is 1.33 bits per heavy atom. The van der Waals surface area contributed by atoms with E-state index in [2.05, 4.69) is 26.8 Å². The molecule has 3 heteroatoms. The molecule has 0 saturated heterocycles. The third kappa shape index (κ3) is 2.46. The smallest absolute Gasteiger partial charge is 0.137 e. The molecular weight excluding hydrogens is 244 g/mol. The van der Waals surface area contributed by atoms with E-state index in [9.17, 15) is 5.11 Å². The molecule has 0 spiro atoms. The summed E-state index contributed by atoms with van der Waals surface area (Å²) in [4.78, 5) is 0. The van der Waals surface area contributed by atoms with E-state index >= 15 is 0 Å². The first-order valence-corrected chi connectivity index (χ1v) is 6.12. The van der Waals surface area contributed by atoms with E-state index in [1.165, 1.54) is 5.56 Å². The summed E-state index contributed by atoms with van der Waals surface area (Å²) in [6.45, 7) is 4.30. The van der Waals surface area contributed by atoms with Crippen LogP contribution in [-0.2, 0) is 5.41 Å². The van der Waals surface area contributed by atoms with Gasteiger partial charge in [0.2, 0.25) is 0 Å². The molecule has 94 valence electrons. The van der Waals surface area contributed by atoms with Crippen LogP contribution < -0.4 is 4.18 Å². The number of phenolic OH excluding ortho intramolecular Hbond substituents is 1. The van der Waals surface area contributed by atoms with Gasteiger partial charge >= 0.3 is 0 Å². The molecule has 0 bridgehead atoms. The average molecular weight is 260 g/mol. The predicted octanol–water partition coefficient (Wildman–Crippen LogP) is 3.94. The molecule has 0 fully saturated rings. The fraction of sp³-hybridized carbons (Fsp3) is 0.200. The van der Waals surface area contributed by atoms with E-state index in [1.807, 2.05) is 36.4 Å². The Morgan fingerprint density at radius 3 is 1.78 bits per heavy atom. The number of thiol groups is 1. The lowest BCUT2D eigenvalue weighted by atomic mass is 9.78. The predicted molar refractivity (Wildman–Crippen MR) is 76.3 cm³/mol. The Balaban J connectivity index is 2.37. The van der Waals surface area contributed by atoms with Gasteiger partial charge in [-0.2, -0.15) is 0 Å². The van der Waals surface area contributed by atoms with Gasteiger partial charge in [0.25, 0.3) is 0 Å². The van der Waals surface area contributed by atoms with E-state index in [1.54, 1.807) is 12.1 Å². The minimum Gasteiger partial charge on any atom is -0.508 e. The summed E-state index contributed by atoms with van der Waals surface area (Å²) >= 11 is 3.77. The maximum absolute atomic E-state index is 9.34. The molecule has 2 nitrogen and oxygen atoms in total. The van der Waals surface area contributed by atoms with Gasteiger partial charge in [0.1, 0.15) is 11.5 Å². The van der Waals surface area contributed by atoms with Crippen LogP contribution in [0.3, 0.4) is 0 Å². The molecule has 1 N–H and O–H groups in total. The van der Waals surface area contributed by atoms with Crippen molar-refractivity contribution in [2.45, 2.75) is 19.3 Å². The molecule has 0 amide bonds. The standard InChI is InChI=1S/C15H16O2S/c1-15(2,11-3-7-13(16)8-4-11)12-5-9-14(17-18)10-6-12/h3-10,16,18H,1-2H3. The van der Waals surface area contributed by atoms with Gasteiger partial charge in [0.05, 0.1) is 0 Å². The summed E-state index contributed by atoms with van der Waals surface area (Å²) in [5.74, 6) is 1.01. The minimum absolute atomic E-state index is 0.122. The molecule has 2 aromatic rings. The summed E-state index contributed by atoms with van der Waals surface area (Å²) in [5, 5.41) is 9.34. The number of hydrogen-bond donors (Lipinski definition) is 2. The SMILES string of the molecule is CC(C)(c1ccc(O)cc1)c1ccc(OS)cc1. The number of phenols is 1. The second-order valence-corrected chi connectivity index (χ2v) is 4.97. The van der Waals surface area contributed by atoms with Crippen LogP contribution in [0.15, 0.2) is 48.5 Å². The quantitative estimate of drug-likeness (QED) is 0.646. The molecule has 0 aliphatic carbocycles. The molecule has 0 heterocycles. The zero-order chi connectivity index (χ0) is 13.2. The van der Waals surface area contributed by atoms with E-state index in [0.717, 1.165) is 11.3 Å². The van der Waals surface area contributed by atoms with Crippen LogP contribution in [0.25, 0.3) is 0 Å². The van der Waals surface area contributed by atoms with Gasteiger partial charge in [-0.1, -0.05) is 38.1 Å². The highest BCUT2D eigenvalue weighted by Crippen LogP contribution is 2.33. The minimum atomic E-state index is -0.122. The molecule has 0 radical (unpaired) electrons. The van der Waals surface area contributed by atoms with Crippen LogP contribution >= 0.6 is 12.9 Å². The maximum Gasteiger partial charge on any atom is 0.137 e. The Morgan fingerprint density at radius 1 is 0.889 bits per heavy atom. The zero-order valence-electron chi connectivity index (χ0n) is 10.4. The van der Waals surface area contributed by atoms with Crippen LogP contribution in [0.5, 0.6) is 11.5 Å². The molecule has 0 aliphatic rings. The topological polar surface area (TPSA) is 29.5 Å². The number of hydrogen-bond acceptors (Lipinski definition) is 3. The van der Waals surface area contributed by atoms with Gasteiger partial charge in [-0.3, -0.25) is 0 Å². The fourth-order valence-electron chi connectivity index (χ4n) is 1.98. The lowest BCUT2D eigenvalue weighted by Crippen LogP contribution is -2.18. The largest absolute Gasteiger partial charge is 0.508 e. The normalized spacial score (nSPS) is 11.3. The monoisotopic (exact) mass is 260 g/mol. The van der Waals surface area contributed by atoms with Crippen LogP contribution in [0.2, 0.25) is 0 Å². The second-order valence-electron chi connectivity index (χ2n) is 4.79. The van der Waals surface area contributed by atoms with Crippen LogP contribution in [0, 0.1) is 0 Å². The van der Waals surface area contributed by atoms with Crippen molar-refractivity contribution in [3.8, 4) is 11.5 Å². The van der Waals surface area contributed by atoms with Crippen molar-refractivity contribution in [2.75, 3.05) is 0 Å². The molecule has 0 aromatic heterocycles. The van der Waals surface area contributed by atoms with Crippen molar-refractivity contribution in [3.63, 3.8) is 0 Å². The van der Waals surface area contributed by atoms with Crippen LogP contribution in [0.4, 0.5) is 0 Å². The number of aromatic hydroxyl groups is 1. The lowest BCUT2D eigenvalue weighted by Gasteiger charge is -2.26. The summed E-state index contributed by atoms with van der Waals surface area (Å²) < 4.78 is 4.86. The first-order valence-electron chi connectivity index (χ1n) is 5.75. The highest BCUT2D eigenvalue weighted by atomic mass is 32.1. The highest BCUT2D eigenvalue weighted by molar-refractivity contribution is 7.75. The van der Waals surface area contributed by atoms with Gasteiger partial charge in [-0.05, 0) is 35.4 Å². The molecule has 0 unspecified atom stereocenters. The average Bonchev–Trinajstić information content (AvgIpc) is 2.39. The molecule has 18 heavy (non-hydrogen) atoms. The Labute approximate surface area is 113 Å². The maximum atomic E-state index is 9.34. The van der Waals surface area contributed by atoms with E-state index in [4.69, 9.17) is 4.18 Å². The van der Waals surface area contributed by atoms with E-state index in [0.29, 0.717) is 0 Å². The lowest BCUT2D eigenvalue weighted by molar-refractivity contribution is 0.474. The molecule has 0 atom stereocenters. The molecule has 2 aromatic carbocycles. The van der Waals surface area contributed by atoms with Crippen molar-refractivity contribution >= 4 is 12.9 Å². The molecular formula is C15H16O2S. The van der Waals surface area contributed by atoms with Crippen LogP contribution in [-0.4, -0.2) is 5.11 Å². The van der Waals surface area contributed by atoms with Crippen LogP contribution in [0.1, 0.15) is 25.0 Å². The zero-order valence-corrected chi connectivity index (χ0v) is 11.3. The Bertz CT molecular complexity index is 515. The Kier molecular flexibility index (Phi) is 3.53. The first kappa shape index (κ1) is 12.8. The van der Waals surface area contributed by atoms with E-state index < -0.39 is 0 Å². The van der Waals surface area contributed by atoms with Crippen molar-refractivity contribution in [1.82, 2.24) is 0 Å². The summed E-state index contributed by atoms with van der Waals surface area (Å²) in [7, 11) is 0. The van der Waals surface area contributed by atoms with Gasteiger partial charge in [-0.15, -0.1) is 0 Å². The summed E-state index contributed by atoms with van der Waals surface area (Å²) in [6.07, 6.45) is 0. The van der Waals surface area contributed by atoms with Crippen molar-refractivity contribution in [3.05, 3.63) is 59.7 Å². The van der Waals surface area contributed by atoms with Crippen molar-refractivity contribution < 1.29 is 9.29 Å². The van der Waals surface area contributed by atoms with Gasteiger partial charge < -0.3 is 9.29 Å². The fourth-order valence-corrected chi connectivity index (χ4v) is 2.10. The van der Waals surface area contributed by atoms with Gasteiger partial charge in [-0.25, -0.2) is 0 Å². The molecule has 0 saturated carbocycles. The molecule has 0 aliphatic heterocycles. The second kappa shape index (κ2) is 4.94. The highest BCUT2D eigenvalue weighted by Gasteiger charge is 2.22. The third-order valence-electron chi connectivity index (χ3n) is 3.27. The van der Waals surface area contributed by atoms with Crippen molar-refractivity contribution in [2.24, 2.45) is 0 Å². The first-order chi connectivity index (χ1) is 8.54. The van der Waals surface area contributed by atoms with Gasteiger partial charge in [0.15, 0.2) is 0 Å². The summed E-state index contributed by atoms with van der Waals surface area (Å²) in [5.41, 5.74) is 2.21. The molecule has 2 rings (SSSR count). The summed E-state index contributed by atoms with van der Waals surface area (Å²) in [6, 6.07) is 15.1. The third-order valence-corrected chi connectivity index (χ3v) is 3.48. The number of rotatable bonds is 3. The van der Waals surface area contributed by atoms with Gasteiger partial charge in [0, 0.05) is 18.3 Å². The Hall–Kier alpha value is -1.61.